The monoisotopic (exact) mass is 156 g/mol. The van der Waals surface area contributed by atoms with Crippen molar-refractivity contribution < 1.29 is 0 Å². The van der Waals surface area contributed by atoms with Crippen molar-refractivity contribution in [1.82, 2.24) is 4.90 Å². The van der Waals surface area contributed by atoms with Crippen LogP contribution in [-0.2, 0) is 0 Å². The molecular formula is C7H12N2S. The fourth-order valence-electron chi connectivity index (χ4n) is 0.824. The Labute approximate surface area is 66.0 Å². The second kappa shape index (κ2) is 3.10. The van der Waals surface area contributed by atoms with Crippen LogP contribution >= 0.6 is 11.8 Å². The standard InChI is InChI=1S/C7H12N2S/c1-6-4-5-9(3)7(8-2)10-6/h4H,5H2,1-3H3. The first-order valence-corrected chi connectivity index (χ1v) is 4.08. The smallest absolute Gasteiger partial charge is 0.163 e. The summed E-state index contributed by atoms with van der Waals surface area (Å²) in [6, 6.07) is 0. The Morgan fingerprint density at radius 2 is 2.40 bits per heavy atom. The lowest BCUT2D eigenvalue weighted by Crippen LogP contribution is -2.26. The normalized spacial score (nSPS) is 23.3. The average Bonchev–Trinajstić information content (AvgIpc) is 1.94. The van der Waals surface area contributed by atoms with Crippen LogP contribution in [0.25, 0.3) is 0 Å². The third-order valence-electron chi connectivity index (χ3n) is 1.42. The van der Waals surface area contributed by atoms with E-state index < -0.39 is 0 Å². The predicted molar refractivity (Wildman–Crippen MR) is 47.3 cm³/mol. The van der Waals surface area contributed by atoms with Gasteiger partial charge < -0.3 is 4.90 Å². The van der Waals surface area contributed by atoms with Gasteiger partial charge >= 0.3 is 0 Å². The largest absolute Gasteiger partial charge is 0.351 e. The molecule has 0 saturated carbocycles. The van der Waals surface area contributed by atoms with E-state index in [0.717, 1.165) is 11.7 Å². The highest BCUT2D eigenvalue weighted by Gasteiger charge is 2.10. The van der Waals surface area contributed by atoms with Crippen LogP contribution in [0.1, 0.15) is 6.92 Å². The Morgan fingerprint density at radius 3 is 2.90 bits per heavy atom. The zero-order valence-electron chi connectivity index (χ0n) is 6.59. The van der Waals surface area contributed by atoms with Crippen LogP contribution in [0.3, 0.4) is 0 Å². The van der Waals surface area contributed by atoms with Gasteiger partial charge in [0.2, 0.25) is 0 Å². The van der Waals surface area contributed by atoms with Crippen LogP contribution in [-0.4, -0.2) is 30.7 Å². The van der Waals surface area contributed by atoms with Gasteiger partial charge in [0.05, 0.1) is 0 Å². The van der Waals surface area contributed by atoms with Crippen molar-refractivity contribution in [2.75, 3.05) is 20.6 Å². The van der Waals surface area contributed by atoms with Crippen molar-refractivity contribution in [2.45, 2.75) is 6.92 Å². The lowest BCUT2D eigenvalue weighted by Gasteiger charge is -2.23. The summed E-state index contributed by atoms with van der Waals surface area (Å²) in [6.45, 7) is 3.11. The molecule has 0 unspecified atom stereocenters. The van der Waals surface area contributed by atoms with Crippen LogP contribution < -0.4 is 0 Å². The molecule has 0 radical (unpaired) electrons. The van der Waals surface area contributed by atoms with Gasteiger partial charge in [-0.15, -0.1) is 0 Å². The molecule has 0 saturated heterocycles. The molecule has 3 heteroatoms. The quantitative estimate of drug-likeness (QED) is 0.529. The third-order valence-corrected chi connectivity index (χ3v) is 2.59. The molecule has 0 bridgehead atoms. The second-order valence-corrected chi connectivity index (χ2v) is 3.52. The number of allylic oxidation sites excluding steroid dienone is 1. The maximum Gasteiger partial charge on any atom is 0.163 e. The Bertz CT molecular complexity index is 184. The topological polar surface area (TPSA) is 15.6 Å². The Hall–Kier alpha value is -0.440. The van der Waals surface area contributed by atoms with E-state index in [4.69, 9.17) is 0 Å². The van der Waals surface area contributed by atoms with Crippen molar-refractivity contribution >= 4 is 16.9 Å². The molecule has 1 rings (SSSR count). The summed E-state index contributed by atoms with van der Waals surface area (Å²) in [7, 11) is 3.88. The molecule has 2 nitrogen and oxygen atoms in total. The highest BCUT2D eigenvalue weighted by atomic mass is 32.2. The molecule has 0 aromatic heterocycles. The number of likely N-dealkylation sites (N-methyl/N-ethyl adjacent to an activating group) is 1. The number of amidine groups is 1. The minimum Gasteiger partial charge on any atom is -0.351 e. The summed E-state index contributed by atoms with van der Waals surface area (Å²) >= 11 is 1.73. The number of rotatable bonds is 0. The zero-order valence-corrected chi connectivity index (χ0v) is 7.40. The van der Waals surface area contributed by atoms with Gasteiger partial charge in [0.15, 0.2) is 5.17 Å². The van der Waals surface area contributed by atoms with Crippen molar-refractivity contribution in [3.63, 3.8) is 0 Å². The lowest BCUT2D eigenvalue weighted by molar-refractivity contribution is 0.571. The number of aliphatic imine (C=N–C) groups is 1. The van der Waals surface area contributed by atoms with Gasteiger partial charge in [-0.3, -0.25) is 4.99 Å². The number of hydrogen-bond acceptors (Lipinski definition) is 2. The molecule has 0 fully saturated rings. The molecule has 0 aliphatic carbocycles. The van der Waals surface area contributed by atoms with Gasteiger partial charge in [-0.2, -0.15) is 0 Å². The molecule has 0 aromatic carbocycles. The number of nitrogens with zero attached hydrogens (tertiary/aromatic N) is 2. The van der Waals surface area contributed by atoms with Gasteiger partial charge in [-0.1, -0.05) is 17.8 Å². The highest BCUT2D eigenvalue weighted by molar-refractivity contribution is 8.17. The SMILES string of the molecule is CN=C1SC(C)=CCN1C. The minimum absolute atomic E-state index is 0.992. The Balaban J connectivity index is 2.72. The molecule has 0 atom stereocenters. The van der Waals surface area contributed by atoms with E-state index in [1.54, 1.807) is 11.8 Å². The summed E-state index contributed by atoms with van der Waals surface area (Å²) in [6.07, 6.45) is 2.21. The fraction of sp³-hybridized carbons (Fsp3) is 0.571. The average molecular weight is 156 g/mol. The predicted octanol–water partition coefficient (Wildman–Crippen LogP) is 1.55. The highest BCUT2D eigenvalue weighted by Crippen LogP contribution is 2.22. The van der Waals surface area contributed by atoms with Crippen molar-refractivity contribution in [1.29, 1.82) is 0 Å². The zero-order chi connectivity index (χ0) is 7.56. The Morgan fingerprint density at radius 1 is 1.70 bits per heavy atom. The van der Waals surface area contributed by atoms with Crippen molar-refractivity contribution in [2.24, 2.45) is 4.99 Å². The number of hydrogen-bond donors (Lipinski definition) is 0. The van der Waals surface area contributed by atoms with Crippen LogP contribution in [0.5, 0.6) is 0 Å². The Kier molecular flexibility index (Phi) is 2.38. The molecule has 0 spiro atoms. The van der Waals surface area contributed by atoms with Crippen molar-refractivity contribution in [3.8, 4) is 0 Å². The maximum atomic E-state index is 4.14. The second-order valence-electron chi connectivity index (χ2n) is 2.30. The summed E-state index contributed by atoms with van der Waals surface area (Å²) in [5.74, 6) is 0. The van der Waals surface area contributed by atoms with Gasteiger partial charge in [0, 0.05) is 20.6 Å². The van der Waals surface area contributed by atoms with Crippen LogP contribution in [0, 0.1) is 0 Å². The first-order chi connectivity index (χ1) is 4.74. The van der Waals surface area contributed by atoms with Crippen LogP contribution in [0.15, 0.2) is 16.0 Å². The third kappa shape index (κ3) is 1.53. The first kappa shape index (κ1) is 7.66. The summed E-state index contributed by atoms with van der Waals surface area (Å²) in [4.78, 5) is 7.63. The molecule has 56 valence electrons. The van der Waals surface area contributed by atoms with Gasteiger partial charge in [0.25, 0.3) is 0 Å². The molecule has 0 aromatic rings. The maximum absolute atomic E-state index is 4.14. The molecule has 0 amide bonds. The van der Waals surface area contributed by atoms with E-state index in [2.05, 4.69) is 29.9 Å². The first-order valence-electron chi connectivity index (χ1n) is 3.26. The summed E-state index contributed by atoms with van der Waals surface area (Å²) in [5, 5.41) is 1.11. The van der Waals surface area contributed by atoms with Gasteiger partial charge in [-0.05, 0) is 11.8 Å². The van der Waals surface area contributed by atoms with Gasteiger partial charge in [0.1, 0.15) is 0 Å². The van der Waals surface area contributed by atoms with E-state index in [-0.39, 0.29) is 0 Å². The van der Waals surface area contributed by atoms with Crippen LogP contribution in [0.4, 0.5) is 0 Å². The fourth-order valence-corrected chi connectivity index (χ4v) is 1.59. The van der Waals surface area contributed by atoms with E-state index in [9.17, 15) is 0 Å². The van der Waals surface area contributed by atoms with E-state index in [1.165, 1.54) is 4.91 Å². The van der Waals surface area contributed by atoms with E-state index in [1.807, 2.05) is 7.05 Å². The minimum atomic E-state index is 0.992. The molecule has 1 heterocycles. The summed E-state index contributed by atoms with van der Waals surface area (Å²) in [5.41, 5.74) is 0. The van der Waals surface area contributed by atoms with Gasteiger partial charge in [-0.25, -0.2) is 0 Å². The molecule has 1 aliphatic heterocycles. The lowest BCUT2D eigenvalue weighted by atomic mass is 10.5. The van der Waals surface area contributed by atoms with E-state index in [0.29, 0.717) is 0 Å². The molecular weight excluding hydrogens is 144 g/mol. The van der Waals surface area contributed by atoms with Crippen molar-refractivity contribution in [3.05, 3.63) is 11.0 Å². The number of thioether (sulfide) groups is 1. The molecule has 10 heavy (non-hydrogen) atoms. The van der Waals surface area contributed by atoms with E-state index >= 15 is 0 Å². The summed E-state index contributed by atoms with van der Waals surface area (Å²) < 4.78 is 0. The molecule has 1 aliphatic rings. The van der Waals surface area contributed by atoms with Crippen LogP contribution in [0.2, 0.25) is 0 Å². The molecule has 0 N–H and O–H groups in total.